The molecule has 0 spiro atoms. The number of pyridine rings is 1. The molecule has 1 aromatic carbocycles. The Bertz CT molecular complexity index is 866. The van der Waals surface area contributed by atoms with Gasteiger partial charge in [0.25, 0.3) is 11.8 Å². The van der Waals surface area contributed by atoms with E-state index in [0.717, 1.165) is 5.56 Å². The number of aromatic nitrogens is 1. The van der Waals surface area contributed by atoms with Crippen LogP contribution in [0.4, 0.5) is 13.2 Å². The Morgan fingerprint density at radius 3 is 2.24 bits per heavy atom. The number of benzene rings is 1. The second kappa shape index (κ2) is 9.51. The lowest BCUT2D eigenvalue weighted by atomic mass is 10.1. The van der Waals surface area contributed by atoms with Gasteiger partial charge in [0.2, 0.25) is 0 Å². The summed E-state index contributed by atoms with van der Waals surface area (Å²) in [4.78, 5) is 29.9. The molecule has 156 valence electrons. The van der Waals surface area contributed by atoms with Gasteiger partial charge in [-0.05, 0) is 30.2 Å². The topological polar surface area (TPSA) is 71.5 Å². The van der Waals surface area contributed by atoms with E-state index in [-0.39, 0.29) is 30.7 Å². The largest absolute Gasteiger partial charge is 0.411 e. The first kappa shape index (κ1) is 22.4. The number of nitrogens with zero attached hydrogens (tertiary/aromatic N) is 2. The molecule has 0 saturated carbocycles. The van der Waals surface area contributed by atoms with Crippen molar-refractivity contribution in [3.05, 3.63) is 64.5 Å². The maximum Gasteiger partial charge on any atom is 0.411 e. The van der Waals surface area contributed by atoms with E-state index in [1.165, 1.54) is 11.0 Å². The molecule has 29 heavy (non-hydrogen) atoms. The Hall–Kier alpha value is -2.94. The third-order valence-corrected chi connectivity index (χ3v) is 3.97. The number of nitrogens with one attached hydrogen (secondary N) is 1. The summed E-state index contributed by atoms with van der Waals surface area (Å²) in [6.45, 7) is 0.448. The molecule has 0 atom stereocenters. The van der Waals surface area contributed by atoms with E-state index in [4.69, 9.17) is 0 Å². The second-order valence-electron chi connectivity index (χ2n) is 6.64. The molecule has 1 aromatic heterocycles. The number of halogens is 3. The Morgan fingerprint density at radius 1 is 1.07 bits per heavy atom. The van der Waals surface area contributed by atoms with Crippen LogP contribution in [0.1, 0.15) is 37.7 Å². The van der Waals surface area contributed by atoms with E-state index in [2.05, 4.69) is 15.0 Å². The molecule has 9 heteroatoms. The highest BCUT2D eigenvalue weighted by molar-refractivity contribution is 5.97. The molecule has 0 radical (unpaired) electrons. The Morgan fingerprint density at radius 2 is 1.69 bits per heavy atom. The Kier molecular flexibility index (Phi) is 7.33. The van der Waals surface area contributed by atoms with Crippen LogP contribution in [0.2, 0.25) is 0 Å². The summed E-state index contributed by atoms with van der Waals surface area (Å²) in [7, 11) is 3.24. The quantitative estimate of drug-likeness (QED) is 0.763. The number of amides is 2. The number of alkyl halides is 3. The Labute approximate surface area is 166 Å². The fraction of sp³-hybridized carbons (Fsp3) is 0.350. The summed E-state index contributed by atoms with van der Waals surface area (Å²) >= 11 is 0. The van der Waals surface area contributed by atoms with Gasteiger partial charge in [-0.15, -0.1) is 0 Å². The van der Waals surface area contributed by atoms with Crippen molar-refractivity contribution >= 4 is 11.8 Å². The minimum Gasteiger partial charge on any atom is -0.367 e. The lowest BCUT2D eigenvalue weighted by Gasteiger charge is -2.12. The number of carbonyl (C=O) groups excluding carboxylic acids is 2. The minimum atomic E-state index is -4.35. The summed E-state index contributed by atoms with van der Waals surface area (Å²) in [5, 5.41) is 2.76. The molecule has 0 aliphatic heterocycles. The lowest BCUT2D eigenvalue weighted by molar-refractivity contribution is -0.176. The van der Waals surface area contributed by atoms with E-state index < -0.39 is 12.8 Å². The van der Waals surface area contributed by atoms with E-state index in [9.17, 15) is 22.8 Å². The van der Waals surface area contributed by atoms with Crippen LogP contribution in [0.5, 0.6) is 0 Å². The fourth-order valence-corrected chi connectivity index (χ4v) is 2.46. The Balaban J connectivity index is 1.91. The van der Waals surface area contributed by atoms with Gasteiger partial charge in [0.05, 0.1) is 17.9 Å². The highest BCUT2D eigenvalue weighted by Crippen LogP contribution is 2.16. The van der Waals surface area contributed by atoms with E-state index in [0.29, 0.717) is 16.8 Å². The number of carbonyl (C=O) groups is 2. The standard InChI is InChI=1S/C20H22F3N3O3/c1-13-16(8-9-17(25-13)19(28)26(2)3)18(27)24-10-14-4-6-15(7-5-14)11-29-12-20(21,22)23/h4-9H,10-12H2,1-3H3,(H,24,27). The summed E-state index contributed by atoms with van der Waals surface area (Å²) in [5.74, 6) is -0.587. The highest BCUT2D eigenvalue weighted by Gasteiger charge is 2.27. The first-order chi connectivity index (χ1) is 13.6. The maximum atomic E-state index is 12.4. The smallest absolute Gasteiger partial charge is 0.367 e. The molecule has 1 heterocycles. The van der Waals surface area contributed by atoms with Crippen molar-refractivity contribution in [2.24, 2.45) is 0 Å². The monoisotopic (exact) mass is 409 g/mol. The zero-order valence-electron chi connectivity index (χ0n) is 16.3. The number of hydrogen-bond acceptors (Lipinski definition) is 4. The molecule has 2 aromatic rings. The van der Waals surface area contributed by atoms with Gasteiger partial charge in [-0.1, -0.05) is 24.3 Å². The van der Waals surface area contributed by atoms with Crippen molar-refractivity contribution in [1.82, 2.24) is 15.2 Å². The van der Waals surface area contributed by atoms with Crippen LogP contribution in [0.15, 0.2) is 36.4 Å². The van der Waals surface area contributed by atoms with Crippen LogP contribution in [-0.4, -0.2) is 48.6 Å². The first-order valence-electron chi connectivity index (χ1n) is 8.76. The van der Waals surface area contributed by atoms with Gasteiger partial charge in [-0.2, -0.15) is 13.2 Å². The maximum absolute atomic E-state index is 12.4. The van der Waals surface area contributed by atoms with Crippen LogP contribution in [0, 0.1) is 6.92 Å². The van der Waals surface area contributed by atoms with Gasteiger partial charge in [0, 0.05) is 20.6 Å². The van der Waals surface area contributed by atoms with Crippen LogP contribution < -0.4 is 5.32 Å². The summed E-state index contributed by atoms with van der Waals surface area (Å²) in [5.41, 5.74) is 2.44. The molecule has 0 fully saturated rings. The average Bonchev–Trinajstić information content (AvgIpc) is 2.65. The van der Waals surface area contributed by atoms with Crippen LogP contribution in [0.25, 0.3) is 0 Å². The fourth-order valence-electron chi connectivity index (χ4n) is 2.46. The molecule has 0 bridgehead atoms. The van der Waals surface area contributed by atoms with Gasteiger partial charge >= 0.3 is 6.18 Å². The zero-order chi connectivity index (χ0) is 21.6. The molecule has 2 rings (SSSR count). The normalized spacial score (nSPS) is 11.2. The zero-order valence-corrected chi connectivity index (χ0v) is 16.3. The predicted octanol–water partition coefficient (Wildman–Crippen LogP) is 3.10. The van der Waals surface area contributed by atoms with E-state index in [1.807, 2.05) is 0 Å². The lowest BCUT2D eigenvalue weighted by Crippen LogP contribution is -2.26. The van der Waals surface area contributed by atoms with Crippen LogP contribution >= 0.6 is 0 Å². The summed E-state index contributed by atoms with van der Waals surface area (Å²) in [6.07, 6.45) is -4.35. The van der Waals surface area contributed by atoms with Crippen molar-refractivity contribution in [3.8, 4) is 0 Å². The van der Waals surface area contributed by atoms with Crippen LogP contribution in [0.3, 0.4) is 0 Å². The molecule has 1 N–H and O–H groups in total. The summed E-state index contributed by atoms with van der Waals surface area (Å²) < 4.78 is 40.8. The molecule has 2 amide bonds. The third-order valence-electron chi connectivity index (χ3n) is 3.97. The van der Waals surface area contributed by atoms with Gasteiger partial charge in [0.15, 0.2) is 0 Å². The second-order valence-corrected chi connectivity index (χ2v) is 6.64. The van der Waals surface area contributed by atoms with Crippen molar-refractivity contribution in [1.29, 1.82) is 0 Å². The number of rotatable bonds is 7. The minimum absolute atomic E-state index is 0.144. The molecule has 0 aliphatic rings. The highest BCUT2D eigenvalue weighted by atomic mass is 19.4. The van der Waals surface area contributed by atoms with Gasteiger partial charge < -0.3 is 15.0 Å². The van der Waals surface area contributed by atoms with Crippen molar-refractivity contribution in [2.45, 2.75) is 26.3 Å². The summed E-state index contributed by atoms with van der Waals surface area (Å²) in [6, 6.07) is 9.75. The third kappa shape index (κ3) is 6.86. The van der Waals surface area contributed by atoms with Crippen molar-refractivity contribution in [2.75, 3.05) is 20.7 Å². The predicted molar refractivity (Wildman–Crippen MR) is 100 cm³/mol. The number of hydrogen-bond donors (Lipinski definition) is 1. The van der Waals surface area contributed by atoms with E-state index in [1.54, 1.807) is 51.4 Å². The molecule has 0 aliphatic carbocycles. The molecular weight excluding hydrogens is 387 g/mol. The SMILES string of the molecule is Cc1nc(C(=O)N(C)C)ccc1C(=O)NCc1ccc(COCC(F)(F)F)cc1. The van der Waals surface area contributed by atoms with E-state index >= 15 is 0 Å². The van der Waals surface area contributed by atoms with Crippen LogP contribution in [-0.2, 0) is 17.9 Å². The first-order valence-corrected chi connectivity index (χ1v) is 8.76. The van der Waals surface area contributed by atoms with Gasteiger partial charge in [-0.3, -0.25) is 9.59 Å². The average molecular weight is 409 g/mol. The molecule has 0 saturated heterocycles. The van der Waals surface area contributed by atoms with Gasteiger partial charge in [0.1, 0.15) is 12.3 Å². The van der Waals surface area contributed by atoms with Crippen molar-refractivity contribution in [3.63, 3.8) is 0 Å². The molecule has 6 nitrogen and oxygen atoms in total. The van der Waals surface area contributed by atoms with Crippen molar-refractivity contribution < 1.29 is 27.5 Å². The molecule has 0 unspecified atom stereocenters. The molecular formula is C20H22F3N3O3. The number of ether oxygens (including phenoxy) is 1. The number of aryl methyl sites for hydroxylation is 1. The van der Waals surface area contributed by atoms with Gasteiger partial charge in [-0.25, -0.2) is 4.98 Å².